The molecular weight excluding hydrogens is 593 g/mol. The van der Waals surface area contributed by atoms with Gasteiger partial charge in [-0.05, 0) is 56.5 Å². The number of dihydropyridines is 1. The van der Waals surface area contributed by atoms with E-state index >= 15 is 0 Å². The fraction of sp³-hybridized carbons (Fsp3) is 0.406. The molecule has 0 unspecified atom stereocenters. The molecule has 43 heavy (non-hydrogen) atoms. The molecule has 226 valence electrons. The van der Waals surface area contributed by atoms with Gasteiger partial charge in [-0.1, -0.05) is 47.5 Å². The summed E-state index contributed by atoms with van der Waals surface area (Å²) >= 11 is 13.0. The van der Waals surface area contributed by atoms with Gasteiger partial charge in [0.15, 0.2) is 5.60 Å². The number of carbonyl (C=O) groups is 3. The van der Waals surface area contributed by atoms with Crippen molar-refractivity contribution in [1.82, 2.24) is 15.1 Å². The van der Waals surface area contributed by atoms with E-state index in [1.54, 1.807) is 43.0 Å². The molecule has 1 spiro atoms. The predicted octanol–water partition coefficient (Wildman–Crippen LogP) is 5.39. The Labute approximate surface area is 260 Å². The largest absolute Gasteiger partial charge is 0.492 e. The number of hydrogen-bond acceptors (Lipinski definition) is 6. The number of nitrogens with zero attached hydrogens (tertiary/aromatic N) is 2. The summed E-state index contributed by atoms with van der Waals surface area (Å²) in [6.07, 6.45) is 4.42. The van der Waals surface area contributed by atoms with Crippen LogP contribution in [0.5, 0.6) is 5.75 Å². The topological polar surface area (TPSA) is 108 Å². The van der Waals surface area contributed by atoms with Gasteiger partial charge in [0.2, 0.25) is 5.88 Å². The molecule has 1 aliphatic carbocycles. The van der Waals surface area contributed by atoms with Crippen LogP contribution in [-0.2, 0) is 14.3 Å². The molecule has 6 rings (SSSR count). The van der Waals surface area contributed by atoms with Gasteiger partial charge in [-0.25, -0.2) is 0 Å². The highest BCUT2D eigenvalue weighted by molar-refractivity contribution is 6.34. The number of aliphatic carboxylic acids is 1. The molecule has 2 fully saturated rings. The van der Waals surface area contributed by atoms with Crippen LogP contribution in [0.15, 0.2) is 65.2 Å². The fourth-order valence-corrected chi connectivity index (χ4v) is 6.08. The van der Waals surface area contributed by atoms with Crippen LogP contribution >= 0.6 is 23.2 Å². The quantitative estimate of drug-likeness (QED) is 0.425. The van der Waals surface area contributed by atoms with Gasteiger partial charge in [0.05, 0.1) is 22.5 Å². The van der Waals surface area contributed by atoms with Crippen LogP contribution in [0, 0.1) is 5.41 Å². The van der Waals surface area contributed by atoms with Gasteiger partial charge in [0.1, 0.15) is 18.1 Å². The van der Waals surface area contributed by atoms with Gasteiger partial charge in [-0.2, -0.15) is 0 Å². The first-order chi connectivity index (χ1) is 20.5. The summed E-state index contributed by atoms with van der Waals surface area (Å²) < 4.78 is 12.0. The normalized spacial score (nSPS) is 19.8. The Hall–Kier alpha value is -3.69. The van der Waals surface area contributed by atoms with E-state index in [9.17, 15) is 19.5 Å². The molecule has 9 nitrogen and oxygen atoms in total. The van der Waals surface area contributed by atoms with Crippen LogP contribution < -0.4 is 10.1 Å². The highest BCUT2D eigenvalue weighted by Crippen LogP contribution is 2.48. The molecule has 1 saturated heterocycles. The second-order valence-corrected chi connectivity index (χ2v) is 13.0. The summed E-state index contributed by atoms with van der Waals surface area (Å²) in [5, 5.41) is 13.6. The van der Waals surface area contributed by atoms with Crippen LogP contribution in [0.25, 0.3) is 11.1 Å². The minimum atomic E-state index is -1.06. The number of carboxylic acid groups (broad SMARTS) is 1. The summed E-state index contributed by atoms with van der Waals surface area (Å²) in [7, 11) is 0. The molecule has 11 heteroatoms. The lowest BCUT2D eigenvalue weighted by Crippen LogP contribution is -2.55. The lowest BCUT2D eigenvalue weighted by molar-refractivity contribution is -0.149. The number of halogens is 2. The number of carboxylic acids is 1. The van der Waals surface area contributed by atoms with Crippen LogP contribution in [0.2, 0.25) is 5.02 Å². The Bertz CT molecular complexity index is 1560. The number of allylic oxidation sites excluding steroid dienone is 1. The van der Waals surface area contributed by atoms with Crippen molar-refractivity contribution in [3.8, 4) is 16.9 Å². The molecule has 2 N–H and O–H groups in total. The average Bonchev–Trinajstić information content (AvgIpc) is 3.77. The summed E-state index contributed by atoms with van der Waals surface area (Å²) in [4.78, 5) is 42.2. The number of benzene rings is 2. The lowest BCUT2D eigenvalue weighted by atomic mass is 9.95. The maximum atomic E-state index is 13.6. The van der Waals surface area contributed by atoms with Crippen molar-refractivity contribution in [3.63, 3.8) is 0 Å². The molecule has 0 bridgehead atoms. The maximum Gasteiger partial charge on any atom is 0.312 e. The molecule has 0 atom stereocenters. The number of likely N-dealkylation sites (tertiary alicyclic amines) is 1. The lowest BCUT2D eigenvalue weighted by Gasteiger charge is -2.44. The molecule has 2 aromatic carbocycles. The van der Waals surface area contributed by atoms with Crippen LogP contribution in [0.4, 0.5) is 0 Å². The number of carbonyl (C=O) groups excluding carboxylic acids is 2. The summed E-state index contributed by atoms with van der Waals surface area (Å²) in [5.41, 5.74) is 0.721. The number of ether oxygens (including phenoxy) is 2. The van der Waals surface area contributed by atoms with Crippen molar-refractivity contribution in [3.05, 3.63) is 75.7 Å². The molecule has 3 heterocycles. The highest BCUT2D eigenvalue weighted by Gasteiger charge is 2.59. The number of amides is 2. The van der Waals surface area contributed by atoms with Gasteiger partial charge in [-0.15, -0.1) is 0 Å². The monoisotopic (exact) mass is 625 g/mol. The van der Waals surface area contributed by atoms with Crippen molar-refractivity contribution >= 4 is 41.0 Å². The third-order valence-electron chi connectivity index (χ3n) is 8.50. The van der Waals surface area contributed by atoms with Crippen molar-refractivity contribution in [2.24, 2.45) is 5.41 Å². The zero-order valence-corrected chi connectivity index (χ0v) is 25.5. The standard InChI is InChI=1S/C32H33Cl2N3O6/c1-31(2,30(40)41)18-42-26-6-4-3-5-22(26)19-7-8-23(24(34)15-19)28(38)36-13-9-21(10-14-36)37-25-16-20(33)17-35-27(25)43-32(11-12-32)29(37)39/h3-8,15-16,21,35H,9-14,17-18H2,1-2H3,(H,40,41). The number of hydrogen-bond donors (Lipinski definition) is 2. The minimum Gasteiger partial charge on any atom is -0.492 e. The first-order valence-corrected chi connectivity index (χ1v) is 15.2. The van der Waals surface area contributed by atoms with Gasteiger partial charge in [-0.3, -0.25) is 14.4 Å². The van der Waals surface area contributed by atoms with E-state index in [2.05, 4.69) is 5.32 Å². The zero-order valence-electron chi connectivity index (χ0n) is 24.0. The average molecular weight is 627 g/mol. The Morgan fingerprint density at radius 2 is 1.86 bits per heavy atom. The van der Waals surface area contributed by atoms with E-state index in [4.69, 9.17) is 32.7 Å². The minimum absolute atomic E-state index is 0.00489. The molecular formula is C32H33Cl2N3O6. The van der Waals surface area contributed by atoms with Crippen LogP contribution in [0.1, 0.15) is 49.9 Å². The van der Waals surface area contributed by atoms with Gasteiger partial charge in [0, 0.05) is 42.6 Å². The van der Waals surface area contributed by atoms with E-state index in [-0.39, 0.29) is 24.5 Å². The fourth-order valence-electron chi connectivity index (χ4n) is 5.65. The van der Waals surface area contributed by atoms with Crippen LogP contribution in [0.3, 0.4) is 0 Å². The maximum absolute atomic E-state index is 13.6. The predicted molar refractivity (Wildman–Crippen MR) is 162 cm³/mol. The Morgan fingerprint density at radius 3 is 2.53 bits per heavy atom. The van der Waals surface area contributed by atoms with Crippen molar-refractivity contribution in [2.45, 2.75) is 51.2 Å². The molecule has 0 aromatic heterocycles. The van der Waals surface area contributed by atoms with Crippen molar-refractivity contribution < 1.29 is 29.0 Å². The Balaban J connectivity index is 1.15. The molecule has 1 saturated carbocycles. The second kappa shape index (κ2) is 11.1. The third kappa shape index (κ3) is 5.56. The van der Waals surface area contributed by atoms with Crippen molar-refractivity contribution in [1.29, 1.82) is 0 Å². The first kappa shape index (κ1) is 29.4. The Morgan fingerprint density at radius 1 is 1.14 bits per heavy atom. The molecule has 4 aliphatic rings. The van der Waals surface area contributed by atoms with E-state index in [1.807, 2.05) is 29.2 Å². The molecule has 2 amide bonds. The third-order valence-corrected chi connectivity index (χ3v) is 9.05. The Kier molecular flexibility index (Phi) is 7.59. The van der Waals surface area contributed by atoms with Gasteiger partial charge < -0.3 is 29.7 Å². The van der Waals surface area contributed by atoms with Crippen molar-refractivity contribution in [2.75, 3.05) is 26.2 Å². The summed E-state index contributed by atoms with van der Waals surface area (Å²) in [5.74, 6) is -0.0178. The number of para-hydroxylation sites is 1. The summed E-state index contributed by atoms with van der Waals surface area (Å²) in [6.45, 7) is 4.62. The highest BCUT2D eigenvalue weighted by atomic mass is 35.5. The zero-order chi connectivity index (χ0) is 30.5. The second-order valence-electron chi connectivity index (χ2n) is 12.1. The van der Waals surface area contributed by atoms with Crippen LogP contribution in [-0.4, -0.2) is 70.6 Å². The van der Waals surface area contributed by atoms with Gasteiger partial charge >= 0.3 is 5.97 Å². The van der Waals surface area contributed by atoms with E-state index < -0.39 is 17.0 Å². The smallest absolute Gasteiger partial charge is 0.312 e. The van der Waals surface area contributed by atoms with E-state index in [0.29, 0.717) is 78.3 Å². The number of rotatable bonds is 7. The number of nitrogens with one attached hydrogen (secondary N) is 1. The number of piperidine rings is 1. The van der Waals surface area contributed by atoms with Gasteiger partial charge in [0.25, 0.3) is 11.8 Å². The molecule has 0 radical (unpaired) electrons. The SMILES string of the molecule is CC(C)(COc1ccccc1-c1ccc(C(=O)N2CCC(N3C(=O)C4(CC4)OC4=C3C=C(Cl)CN4)CC2)c(Cl)c1)C(=O)O. The molecule has 3 aliphatic heterocycles. The van der Waals surface area contributed by atoms with E-state index in [0.717, 1.165) is 11.1 Å². The van der Waals surface area contributed by atoms with E-state index in [1.165, 1.54) is 0 Å². The molecule has 2 aromatic rings. The first-order valence-electron chi connectivity index (χ1n) is 14.4. The summed E-state index contributed by atoms with van der Waals surface area (Å²) in [6, 6.07) is 12.5.